The first-order valence-electron chi connectivity index (χ1n) is 17.3. The minimum atomic E-state index is 0.650. The molecule has 4 nitrogen and oxygen atoms in total. The third kappa shape index (κ3) is 4.08. The molecule has 0 amide bonds. The summed E-state index contributed by atoms with van der Waals surface area (Å²) >= 11 is 0. The van der Waals surface area contributed by atoms with Crippen molar-refractivity contribution in [1.82, 2.24) is 14.5 Å². The second kappa shape index (κ2) is 10.6. The fourth-order valence-electron chi connectivity index (χ4n) is 8.23. The molecule has 0 aliphatic carbocycles. The van der Waals surface area contributed by atoms with E-state index in [1.807, 2.05) is 6.07 Å². The highest BCUT2D eigenvalue weighted by atomic mass is 16.3. The summed E-state index contributed by atoms with van der Waals surface area (Å²) in [7, 11) is 0. The smallest absolute Gasteiger partial charge is 0.235 e. The molecular weight excluding hydrogens is 623 g/mol. The second-order valence-corrected chi connectivity index (χ2v) is 13.4. The van der Waals surface area contributed by atoms with E-state index in [1.165, 1.54) is 43.3 Å². The zero-order valence-corrected chi connectivity index (χ0v) is 27.8. The predicted molar refractivity (Wildman–Crippen MR) is 212 cm³/mol. The molecule has 11 aromatic rings. The van der Waals surface area contributed by atoms with Gasteiger partial charge in [-0.25, -0.2) is 9.97 Å². The number of fused-ring (bicyclic) bond motifs is 12. The lowest BCUT2D eigenvalue weighted by molar-refractivity contribution is 0.669. The maximum Gasteiger partial charge on any atom is 0.235 e. The van der Waals surface area contributed by atoms with Crippen LogP contribution in [0.2, 0.25) is 0 Å². The summed E-state index contributed by atoms with van der Waals surface area (Å²) in [5.41, 5.74) is 10.3. The molecule has 0 fully saturated rings. The molecular formula is C47H29N3O. The number of nitrogens with zero attached hydrogens (tertiary/aromatic N) is 3. The van der Waals surface area contributed by atoms with Crippen LogP contribution in [0.3, 0.4) is 0 Å². The molecule has 0 saturated carbocycles. The fourth-order valence-corrected chi connectivity index (χ4v) is 8.23. The Labute approximate surface area is 292 Å². The van der Waals surface area contributed by atoms with Crippen LogP contribution in [0.1, 0.15) is 5.56 Å². The highest BCUT2D eigenvalue weighted by Gasteiger charge is 2.22. The minimum Gasteiger partial charge on any atom is -0.456 e. The predicted octanol–water partition coefficient (Wildman–Crippen LogP) is 12.6. The number of hydrogen-bond donors (Lipinski definition) is 0. The summed E-state index contributed by atoms with van der Waals surface area (Å²) in [6.07, 6.45) is 0. The first kappa shape index (κ1) is 28.1. The van der Waals surface area contributed by atoms with E-state index in [-0.39, 0.29) is 0 Å². The first-order chi connectivity index (χ1) is 25.2. The van der Waals surface area contributed by atoms with Gasteiger partial charge in [0.1, 0.15) is 11.2 Å². The molecule has 0 radical (unpaired) electrons. The number of rotatable bonds is 3. The van der Waals surface area contributed by atoms with Crippen LogP contribution in [0.4, 0.5) is 0 Å². The van der Waals surface area contributed by atoms with Gasteiger partial charge in [0.2, 0.25) is 5.95 Å². The Hall–Kier alpha value is -6.78. The number of aryl methyl sites for hydroxylation is 1. The average molecular weight is 652 g/mol. The van der Waals surface area contributed by atoms with Gasteiger partial charge in [-0.15, -0.1) is 0 Å². The fraction of sp³-hybridized carbons (Fsp3) is 0.0213. The molecule has 0 spiro atoms. The van der Waals surface area contributed by atoms with Crippen molar-refractivity contribution in [3.8, 4) is 28.3 Å². The van der Waals surface area contributed by atoms with E-state index in [4.69, 9.17) is 14.4 Å². The molecule has 0 atom stereocenters. The molecule has 0 aliphatic rings. The van der Waals surface area contributed by atoms with Gasteiger partial charge in [-0.1, -0.05) is 127 Å². The van der Waals surface area contributed by atoms with E-state index >= 15 is 0 Å². The Balaban J connectivity index is 1.29. The molecule has 0 aliphatic heterocycles. The summed E-state index contributed by atoms with van der Waals surface area (Å²) in [6.45, 7) is 2.15. The van der Waals surface area contributed by atoms with Crippen molar-refractivity contribution in [2.75, 3.05) is 0 Å². The Morgan fingerprint density at radius 1 is 0.451 bits per heavy atom. The molecule has 11 rings (SSSR count). The van der Waals surface area contributed by atoms with Crippen molar-refractivity contribution in [3.63, 3.8) is 0 Å². The monoisotopic (exact) mass is 651 g/mol. The lowest BCUT2D eigenvalue weighted by atomic mass is 9.96. The largest absolute Gasteiger partial charge is 0.456 e. The van der Waals surface area contributed by atoms with Crippen LogP contribution in [0.5, 0.6) is 0 Å². The second-order valence-electron chi connectivity index (χ2n) is 13.4. The zero-order chi connectivity index (χ0) is 33.6. The van der Waals surface area contributed by atoms with Crippen molar-refractivity contribution >= 4 is 76.2 Å². The van der Waals surface area contributed by atoms with E-state index in [1.54, 1.807) is 0 Å². The number of para-hydroxylation sites is 1. The Morgan fingerprint density at radius 3 is 1.98 bits per heavy atom. The van der Waals surface area contributed by atoms with Gasteiger partial charge >= 0.3 is 0 Å². The molecule has 4 heteroatoms. The summed E-state index contributed by atoms with van der Waals surface area (Å²) in [5, 5.41) is 10.5. The van der Waals surface area contributed by atoms with E-state index in [0.29, 0.717) is 5.95 Å². The number of aromatic nitrogens is 3. The minimum absolute atomic E-state index is 0.650. The van der Waals surface area contributed by atoms with Crippen molar-refractivity contribution in [3.05, 3.63) is 163 Å². The molecule has 0 bridgehead atoms. The standard InChI is InChI=1S/C47H29N3O/c1-28-12-11-21-42-43(28)38-26-30(23-25-41(38)51-42)31-22-24-37-40(27-31)50(46-35-18-8-6-16-33(35)32-15-5-7-17-34(32)44(37)46)47-48-39-20-10-9-19-36(39)45(49-47)29-13-3-2-4-14-29/h2-27H,1H3. The van der Waals surface area contributed by atoms with E-state index < -0.39 is 0 Å². The van der Waals surface area contributed by atoms with Crippen LogP contribution in [0.25, 0.3) is 105 Å². The van der Waals surface area contributed by atoms with Gasteiger partial charge in [0.15, 0.2) is 0 Å². The summed E-state index contributed by atoms with van der Waals surface area (Å²) in [4.78, 5) is 10.7. The molecule has 0 N–H and O–H groups in total. The van der Waals surface area contributed by atoms with Gasteiger partial charge in [0.05, 0.1) is 22.2 Å². The van der Waals surface area contributed by atoms with Crippen molar-refractivity contribution in [2.45, 2.75) is 6.92 Å². The maximum absolute atomic E-state index is 6.26. The van der Waals surface area contributed by atoms with Crippen LogP contribution in [0.15, 0.2) is 162 Å². The van der Waals surface area contributed by atoms with Gasteiger partial charge in [0, 0.05) is 37.9 Å². The molecule has 0 unspecified atom stereocenters. The van der Waals surface area contributed by atoms with Gasteiger partial charge in [-0.2, -0.15) is 0 Å². The first-order valence-corrected chi connectivity index (χ1v) is 17.3. The highest BCUT2D eigenvalue weighted by Crippen LogP contribution is 2.44. The highest BCUT2D eigenvalue weighted by molar-refractivity contribution is 6.32. The number of furan rings is 1. The topological polar surface area (TPSA) is 43.9 Å². The van der Waals surface area contributed by atoms with Crippen LogP contribution in [-0.2, 0) is 0 Å². The molecule has 51 heavy (non-hydrogen) atoms. The Bertz CT molecular complexity index is 3210. The molecule has 238 valence electrons. The van der Waals surface area contributed by atoms with E-state index in [0.717, 1.165) is 60.9 Å². The summed E-state index contributed by atoms with van der Waals surface area (Å²) in [6, 6.07) is 55.9. The maximum atomic E-state index is 6.26. The van der Waals surface area contributed by atoms with E-state index in [9.17, 15) is 0 Å². The van der Waals surface area contributed by atoms with Gasteiger partial charge in [-0.05, 0) is 70.1 Å². The number of hydrogen-bond acceptors (Lipinski definition) is 3. The quantitative estimate of drug-likeness (QED) is 0.179. The Kier molecular flexibility index (Phi) is 5.84. The third-order valence-electron chi connectivity index (χ3n) is 10.5. The van der Waals surface area contributed by atoms with Crippen molar-refractivity contribution in [2.24, 2.45) is 0 Å². The van der Waals surface area contributed by atoms with E-state index in [2.05, 4.69) is 163 Å². The summed E-state index contributed by atoms with van der Waals surface area (Å²) < 4.78 is 8.56. The average Bonchev–Trinajstić information content (AvgIpc) is 3.74. The van der Waals surface area contributed by atoms with Gasteiger partial charge in [-0.3, -0.25) is 4.57 Å². The molecule has 3 aromatic heterocycles. The molecule has 8 aromatic carbocycles. The van der Waals surface area contributed by atoms with Crippen LogP contribution in [-0.4, -0.2) is 14.5 Å². The molecule has 3 heterocycles. The normalized spacial score (nSPS) is 12.0. The zero-order valence-electron chi connectivity index (χ0n) is 27.8. The van der Waals surface area contributed by atoms with Crippen LogP contribution < -0.4 is 0 Å². The third-order valence-corrected chi connectivity index (χ3v) is 10.5. The Morgan fingerprint density at radius 2 is 1.14 bits per heavy atom. The van der Waals surface area contributed by atoms with Gasteiger partial charge in [0.25, 0.3) is 0 Å². The lowest BCUT2D eigenvalue weighted by Crippen LogP contribution is -2.04. The number of benzene rings is 8. The van der Waals surface area contributed by atoms with Crippen LogP contribution in [0, 0.1) is 6.92 Å². The van der Waals surface area contributed by atoms with Crippen molar-refractivity contribution in [1.29, 1.82) is 0 Å². The van der Waals surface area contributed by atoms with Crippen molar-refractivity contribution < 1.29 is 4.42 Å². The van der Waals surface area contributed by atoms with Crippen LogP contribution >= 0.6 is 0 Å². The SMILES string of the molecule is Cc1cccc2oc3ccc(-c4ccc5c6c7ccccc7c7ccccc7c6n(-c6nc(-c7ccccc7)c7ccccc7n6)c5c4)cc3c12. The molecule has 0 saturated heterocycles. The summed E-state index contributed by atoms with van der Waals surface area (Å²) in [5.74, 6) is 0.650. The van der Waals surface area contributed by atoms with Gasteiger partial charge < -0.3 is 4.42 Å². The lowest BCUT2D eigenvalue weighted by Gasteiger charge is -2.14.